The molecule has 1 atom stereocenters. The third-order valence-corrected chi connectivity index (χ3v) is 3.31. The highest BCUT2D eigenvalue weighted by molar-refractivity contribution is 5.92. The van der Waals surface area contributed by atoms with Gasteiger partial charge >= 0.3 is 6.03 Å². The second kappa shape index (κ2) is 8.35. The Morgan fingerprint density at radius 1 is 1.18 bits per heavy atom. The summed E-state index contributed by atoms with van der Waals surface area (Å²) in [7, 11) is 0. The second-order valence-electron chi connectivity index (χ2n) is 5.13. The molecule has 22 heavy (non-hydrogen) atoms. The fraction of sp³-hybridized carbons (Fsp3) is 0.467. The van der Waals surface area contributed by atoms with Crippen molar-refractivity contribution < 1.29 is 14.3 Å². The number of ether oxygens (including phenoxy) is 1. The summed E-state index contributed by atoms with van der Waals surface area (Å²) in [5, 5.41) is 8.23. The van der Waals surface area contributed by atoms with Gasteiger partial charge in [-0.25, -0.2) is 4.79 Å². The van der Waals surface area contributed by atoms with Gasteiger partial charge in [0.05, 0.1) is 6.10 Å². The molecular formula is C15H22N4O3. The SMILES string of the molecule is NCCC(=O)Nc1ccc(NC(=O)NCC2CCCO2)cc1. The maximum absolute atomic E-state index is 11.8. The summed E-state index contributed by atoms with van der Waals surface area (Å²) in [6, 6.07) is 6.64. The van der Waals surface area contributed by atoms with Crippen LogP contribution in [-0.2, 0) is 9.53 Å². The van der Waals surface area contributed by atoms with E-state index in [1.165, 1.54) is 0 Å². The van der Waals surface area contributed by atoms with Gasteiger partial charge in [-0.15, -0.1) is 0 Å². The van der Waals surface area contributed by atoms with Crippen LogP contribution >= 0.6 is 0 Å². The Labute approximate surface area is 129 Å². The molecule has 7 nitrogen and oxygen atoms in total. The monoisotopic (exact) mass is 306 g/mol. The lowest BCUT2D eigenvalue weighted by atomic mass is 10.2. The van der Waals surface area contributed by atoms with E-state index in [-0.39, 0.29) is 24.5 Å². The zero-order chi connectivity index (χ0) is 15.8. The topological polar surface area (TPSA) is 105 Å². The van der Waals surface area contributed by atoms with Crippen LogP contribution in [0.25, 0.3) is 0 Å². The van der Waals surface area contributed by atoms with Crippen molar-refractivity contribution in [3.63, 3.8) is 0 Å². The first-order valence-electron chi connectivity index (χ1n) is 7.44. The molecule has 1 heterocycles. The van der Waals surface area contributed by atoms with Crippen molar-refractivity contribution in [1.29, 1.82) is 0 Å². The van der Waals surface area contributed by atoms with Crippen LogP contribution in [0.4, 0.5) is 16.2 Å². The number of carbonyl (C=O) groups is 2. The number of benzene rings is 1. The van der Waals surface area contributed by atoms with Gasteiger partial charge in [0.15, 0.2) is 0 Å². The van der Waals surface area contributed by atoms with E-state index in [4.69, 9.17) is 10.5 Å². The third-order valence-electron chi connectivity index (χ3n) is 3.31. The lowest BCUT2D eigenvalue weighted by molar-refractivity contribution is -0.116. The van der Waals surface area contributed by atoms with E-state index >= 15 is 0 Å². The summed E-state index contributed by atoms with van der Waals surface area (Å²) in [6.45, 7) is 1.60. The van der Waals surface area contributed by atoms with E-state index < -0.39 is 0 Å². The fourth-order valence-electron chi connectivity index (χ4n) is 2.18. The summed E-state index contributed by atoms with van der Waals surface area (Å²) in [5.74, 6) is -0.127. The predicted octanol–water partition coefficient (Wildman–Crippen LogP) is 1.27. The molecule has 1 fully saturated rings. The number of nitrogens with one attached hydrogen (secondary N) is 3. The molecule has 0 saturated carbocycles. The first-order valence-corrected chi connectivity index (χ1v) is 7.44. The molecular weight excluding hydrogens is 284 g/mol. The molecule has 3 amide bonds. The Bertz CT molecular complexity index is 498. The molecule has 1 saturated heterocycles. The summed E-state index contributed by atoms with van der Waals surface area (Å²) in [4.78, 5) is 23.2. The van der Waals surface area contributed by atoms with Crippen molar-refractivity contribution in [2.24, 2.45) is 5.73 Å². The van der Waals surface area contributed by atoms with Gasteiger partial charge in [0.1, 0.15) is 0 Å². The summed E-state index contributed by atoms with van der Waals surface area (Å²) >= 11 is 0. The molecule has 0 aromatic heterocycles. The van der Waals surface area contributed by atoms with Crippen molar-refractivity contribution in [1.82, 2.24) is 5.32 Å². The number of rotatable bonds is 6. The summed E-state index contributed by atoms with van der Waals surface area (Å²) < 4.78 is 5.43. The second-order valence-corrected chi connectivity index (χ2v) is 5.13. The van der Waals surface area contributed by atoms with Gasteiger partial charge in [0, 0.05) is 37.5 Å². The number of anilines is 2. The van der Waals surface area contributed by atoms with Crippen LogP contribution in [0.15, 0.2) is 24.3 Å². The molecule has 0 bridgehead atoms. The number of hydrogen-bond acceptors (Lipinski definition) is 4. The quantitative estimate of drug-likeness (QED) is 0.635. The fourth-order valence-corrected chi connectivity index (χ4v) is 2.18. The number of nitrogens with two attached hydrogens (primary N) is 1. The van der Waals surface area contributed by atoms with Crippen LogP contribution in [0.1, 0.15) is 19.3 Å². The molecule has 1 unspecified atom stereocenters. The smallest absolute Gasteiger partial charge is 0.319 e. The Balaban J connectivity index is 1.75. The van der Waals surface area contributed by atoms with Crippen molar-refractivity contribution in [2.45, 2.75) is 25.4 Å². The van der Waals surface area contributed by atoms with Crippen molar-refractivity contribution in [2.75, 3.05) is 30.3 Å². The average molecular weight is 306 g/mol. The maximum Gasteiger partial charge on any atom is 0.319 e. The van der Waals surface area contributed by atoms with Crippen LogP contribution in [0.3, 0.4) is 0 Å². The Morgan fingerprint density at radius 3 is 2.45 bits per heavy atom. The molecule has 2 rings (SSSR count). The largest absolute Gasteiger partial charge is 0.376 e. The number of amides is 3. The molecule has 5 N–H and O–H groups in total. The molecule has 120 valence electrons. The number of urea groups is 1. The lowest BCUT2D eigenvalue weighted by Gasteiger charge is -2.12. The molecule has 1 aromatic rings. The van der Waals surface area contributed by atoms with Gasteiger partial charge in [-0.2, -0.15) is 0 Å². The Morgan fingerprint density at radius 2 is 1.86 bits per heavy atom. The minimum Gasteiger partial charge on any atom is -0.376 e. The molecule has 1 aliphatic heterocycles. The van der Waals surface area contributed by atoms with Crippen LogP contribution in [0.2, 0.25) is 0 Å². The summed E-state index contributed by atoms with van der Waals surface area (Å²) in [5.41, 5.74) is 6.64. The van der Waals surface area contributed by atoms with Gasteiger partial charge in [0.25, 0.3) is 0 Å². The summed E-state index contributed by atoms with van der Waals surface area (Å²) in [6.07, 6.45) is 2.43. The van der Waals surface area contributed by atoms with E-state index in [0.29, 0.717) is 24.5 Å². The van der Waals surface area contributed by atoms with Crippen LogP contribution < -0.4 is 21.7 Å². The van der Waals surface area contributed by atoms with Gasteiger partial charge < -0.3 is 26.4 Å². The molecule has 0 radical (unpaired) electrons. The molecule has 1 aliphatic rings. The highest BCUT2D eigenvalue weighted by atomic mass is 16.5. The normalized spacial score (nSPS) is 17.0. The molecule has 0 spiro atoms. The minimum absolute atomic E-state index is 0.117. The zero-order valence-electron chi connectivity index (χ0n) is 12.4. The molecule has 7 heteroatoms. The van der Waals surface area contributed by atoms with E-state index in [1.54, 1.807) is 24.3 Å². The van der Waals surface area contributed by atoms with E-state index in [2.05, 4.69) is 16.0 Å². The average Bonchev–Trinajstić information content (AvgIpc) is 3.01. The van der Waals surface area contributed by atoms with E-state index in [0.717, 1.165) is 19.4 Å². The van der Waals surface area contributed by atoms with Gasteiger partial charge in [-0.3, -0.25) is 4.79 Å². The predicted molar refractivity (Wildman–Crippen MR) is 84.7 cm³/mol. The highest BCUT2D eigenvalue weighted by Gasteiger charge is 2.16. The standard InChI is InChI=1S/C15H22N4O3/c16-8-7-14(20)18-11-3-5-12(6-4-11)19-15(21)17-10-13-2-1-9-22-13/h3-6,13H,1-2,7-10,16H2,(H,18,20)(H2,17,19,21). The first-order chi connectivity index (χ1) is 10.7. The Hall–Kier alpha value is -2.12. The molecule has 0 aliphatic carbocycles. The van der Waals surface area contributed by atoms with Crippen LogP contribution in [0, 0.1) is 0 Å². The third kappa shape index (κ3) is 5.34. The first kappa shape index (κ1) is 16.3. The highest BCUT2D eigenvalue weighted by Crippen LogP contribution is 2.14. The zero-order valence-corrected chi connectivity index (χ0v) is 12.4. The van der Waals surface area contributed by atoms with Crippen molar-refractivity contribution in [3.05, 3.63) is 24.3 Å². The van der Waals surface area contributed by atoms with Gasteiger partial charge in [-0.05, 0) is 37.1 Å². The minimum atomic E-state index is -0.268. The van der Waals surface area contributed by atoms with Gasteiger partial charge in [0.2, 0.25) is 5.91 Å². The van der Waals surface area contributed by atoms with Crippen LogP contribution in [0.5, 0.6) is 0 Å². The number of carbonyl (C=O) groups excluding carboxylic acids is 2. The van der Waals surface area contributed by atoms with Crippen molar-refractivity contribution in [3.8, 4) is 0 Å². The van der Waals surface area contributed by atoms with Crippen LogP contribution in [-0.4, -0.2) is 37.7 Å². The number of hydrogen-bond donors (Lipinski definition) is 4. The Kier molecular flexibility index (Phi) is 6.17. The maximum atomic E-state index is 11.8. The lowest BCUT2D eigenvalue weighted by Crippen LogP contribution is -2.35. The van der Waals surface area contributed by atoms with Crippen molar-refractivity contribution >= 4 is 23.3 Å². The molecule has 1 aromatic carbocycles. The van der Waals surface area contributed by atoms with E-state index in [1.807, 2.05) is 0 Å². The van der Waals surface area contributed by atoms with E-state index in [9.17, 15) is 9.59 Å². The van der Waals surface area contributed by atoms with Gasteiger partial charge in [-0.1, -0.05) is 0 Å².